The molecule has 0 aromatic carbocycles. The van der Waals surface area contributed by atoms with Gasteiger partial charge in [0, 0.05) is 0 Å². The molecule has 0 bridgehead atoms. The number of hydrogen-bond acceptors (Lipinski definition) is 0. The summed E-state index contributed by atoms with van der Waals surface area (Å²) in [5.74, 6) is 0. The molecular weight excluding hydrogens is 189 g/mol. The van der Waals surface area contributed by atoms with Gasteiger partial charge in [0.15, 0.2) is 0 Å². The van der Waals surface area contributed by atoms with Crippen LogP contribution in [0.25, 0.3) is 0 Å². The Morgan fingerprint density at radius 2 is 1.64 bits per heavy atom. The Balaban J connectivity index is 2.73. The van der Waals surface area contributed by atoms with Crippen molar-refractivity contribution in [3.05, 3.63) is 0 Å². The summed E-state index contributed by atoms with van der Waals surface area (Å²) in [7, 11) is 0. The number of hydrogen-bond donors (Lipinski definition) is 0. The molecule has 1 rings (SSSR count). The van der Waals surface area contributed by atoms with Gasteiger partial charge in [-0.2, -0.15) is 13.2 Å². The van der Waals surface area contributed by atoms with E-state index in [0.717, 1.165) is 12.8 Å². The van der Waals surface area contributed by atoms with Crippen LogP contribution in [-0.4, -0.2) is 6.18 Å². The predicted molar refractivity (Wildman–Crippen MR) is 51.0 cm³/mol. The maximum Gasteiger partial charge on any atom is 0.394 e. The topological polar surface area (TPSA) is 0 Å². The fraction of sp³-hybridized carbons (Fsp3) is 1.00. The summed E-state index contributed by atoms with van der Waals surface area (Å²) in [5, 5.41) is 0. The van der Waals surface area contributed by atoms with Crippen LogP contribution in [-0.2, 0) is 0 Å². The first kappa shape index (κ1) is 11.9. The van der Waals surface area contributed by atoms with Crippen molar-refractivity contribution in [3.8, 4) is 0 Å². The van der Waals surface area contributed by atoms with Crippen molar-refractivity contribution < 1.29 is 13.2 Å². The van der Waals surface area contributed by atoms with Crippen LogP contribution in [0.15, 0.2) is 0 Å². The van der Waals surface area contributed by atoms with Crippen LogP contribution in [0, 0.1) is 10.8 Å². The van der Waals surface area contributed by atoms with Gasteiger partial charge in [-0.3, -0.25) is 0 Å². The average Bonchev–Trinajstić information content (AvgIpc) is 1.95. The molecule has 0 N–H and O–H groups in total. The van der Waals surface area contributed by atoms with Crippen LogP contribution in [0.5, 0.6) is 0 Å². The summed E-state index contributed by atoms with van der Waals surface area (Å²) in [6.45, 7) is 5.82. The summed E-state index contributed by atoms with van der Waals surface area (Å²) in [6.07, 6.45) is -1.50. The monoisotopic (exact) mass is 208 g/mol. The lowest BCUT2D eigenvalue weighted by Crippen LogP contribution is -2.46. The molecule has 3 heteroatoms. The molecule has 0 amide bonds. The van der Waals surface area contributed by atoms with Gasteiger partial charge in [0.2, 0.25) is 0 Å². The zero-order valence-corrected chi connectivity index (χ0v) is 9.17. The van der Waals surface area contributed by atoms with Crippen molar-refractivity contribution in [2.75, 3.05) is 0 Å². The fourth-order valence-corrected chi connectivity index (χ4v) is 2.21. The standard InChI is InChI=1S/C11H19F3/c1-4-9(2,3)8-10(6-5-7-10)11(12,13)14/h4-8H2,1-3H3. The minimum atomic E-state index is -4.00. The molecule has 0 aromatic heterocycles. The highest BCUT2D eigenvalue weighted by Gasteiger charge is 2.59. The van der Waals surface area contributed by atoms with Crippen molar-refractivity contribution in [1.29, 1.82) is 0 Å². The predicted octanol–water partition coefficient (Wildman–Crippen LogP) is 4.55. The van der Waals surface area contributed by atoms with Gasteiger partial charge in [-0.1, -0.05) is 33.6 Å². The van der Waals surface area contributed by atoms with Gasteiger partial charge in [-0.05, 0) is 24.7 Å². The van der Waals surface area contributed by atoms with Crippen LogP contribution >= 0.6 is 0 Å². The molecule has 0 radical (unpaired) electrons. The highest BCUT2D eigenvalue weighted by molar-refractivity contribution is 4.96. The van der Waals surface area contributed by atoms with Gasteiger partial charge in [0.1, 0.15) is 0 Å². The molecule has 0 aromatic rings. The maximum atomic E-state index is 12.8. The number of alkyl halides is 3. The van der Waals surface area contributed by atoms with Gasteiger partial charge in [0.05, 0.1) is 5.41 Å². The van der Waals surface area contributed by atoms with E-state index in [2.05, 4.69) is 0 Å². The summed E-state index contributed by atoms with van der Waals surface area (Å²) < 4.78 is 38.5. The van der Waals surface area contributed by atoms with Gasteiger partial charge < -0.3 is 0 Å². The molecular formula is C11H19F3. The van der Waals surface area contributed by atoms with Crippen molar-refractivity contribution in [2.24, 2.45) is 10.8 Å². The van der Waals surface area contributed by atoms with Gasteiger partial charge in [-0.25, -0.2) is 0 Å². The van der Waals surface area contributed by atoms with E-state index in [9.17, 15) is 13.2 Å². The zero-order valence-electron chi connectivity index (χ0n) is 9.17. The summed E-state index contributed by atoms with van der Waals surface area (Å²) in [4.78, 5) is 0. The molecule has 0 heterocycles. The maximum absolute atomic E-state index is 12.8. The van der Waals surface area contributed by atoms with Crippen LogP contribution < -0.4 is 0 Å². The largest absolute Gasteiger partial charge is 0.394 e. The second-order valence-corrected chi connectivity index (χ2v) is 5.33. The van der Waals surface area contributed by atoms with E-state index in [1.54, 1.807) is 0 Å². The van der Waals surface area contributed by atoms with E-state index in [1.165, 1.54) is 0 Å². The first-order valence-electron chi connectivity index (χ1n) is 5.29. The van der Waals surface area contributed by atoms with E-state index >= 15 is 0 Å². The Morgan fingerprint density at radius 1 is 1.14 bits per heavy atom. The molecule has 0 unspecified atom stereocenters. The third-order valence-corrected chi connectivity index (χ3v) is 3.69. The second kappa shape index (κ2) is 3.42. The Morgan fingerprint density at radius 3 is 1.86 bits per heavy atom. The average molecular weight is 208 g/mol. The van der Waals surface area contributed by atoms with E-state index < -0.39 is 11.6 Å². The van der Waals surface area contributed by atoms with Crippen molar-refractivity contribution in [2.45, 2.75) is 59.1 Å². The third kappa shape index (κ3) is 2.06. The van der Waals surface area contributed by atoms with Crippen LogP contribution in [0.3, 0.4) is 0 Å². The van der Waals surface area contributed by atoms with Gasteiger partial charge in [-0.15, -0.1) is 0 Å². The highest BCUT2D eigenvalue weighted by atomic mass is 19.4. The molecule has 0 nitrogen and oxygen atoms in total. The minimum Gasteiger partial charge on any atom is -0.171 e. The third-order valence-electron chi connectivity index (χ3n) is 3.69. The van der Waals surface area contributed by atoms with Gasteiger partial charge >= 0.3 is 6.18 Å². The smallest absolute Gasteiger partial charge is 0.171 e. The number of halogens is 3. The Kier molecular flexibility index (Phi) is 2.90. The van der Waals surface area contributed by atoms with Crippen molar-refractivity contribution in [1.82, 2.24) is 0 Å². The molecule has 1 saturated carbocycles. The first-order chi connectivity index (χ1) is 6.22. The summed E-state index contributed by atoms with van der Waals surface area (Å²) in [6, 6.07) is 0. The molecule has 1 fully saturated rings. The van der Waals surface area contributed by atoms with Crippen LogP contribution in [0.2, 0.25) is 0 Å². The molecule has 0 atom stereocenters. The highest BCUT2D eigenvalue weighted by Crippen LogP contribution is 2.58. The quantitative estimate of drug-likeness (QED) is 0.638. The Labute approximate surface area is 83.9 Å². The molecule has 1 aliphatic rings. The van der Waals surface area contributed by atoms with E-state index in [0.29, 0.717) is 19.3 Å². The van der Waals surface area contributed by atoms with E-state index in [-0.39, 0.29) is 5.41 Å². The Bertz CT molecular complexity index is 199. The Hall–Kier alpha value is -0.210. The minimum absolute atomic E-state index is 0.185. The molecule has 14 heavy (non-hydrogen) atoms. The molecule has 0 aliphatic heterocycles. The lowest BCUT2D eigenvalue weighted by molar-refractivity contribution is -0.261. The number of rotatable bonds is 3. The lowest BCUT2D eigenvalue weighted by Gasteiger charge is -2.47. The van der Waals surface area contributed by atoms with Crippen LogP contribution in [0.1, 0.15) is 52.9 Å². The molecule has 0 spiro atoms. The van der Waals surface area contributed by atoms with Gasteiger partial charge in [0.25, 0.3) is 0 Å². The van der Waals surface area contributed by atoms with E-state index in [1.807, 2.05) is 20.8 Å². The summed E-state index contributed by atoms with van der Waals surface area (Å²) >= 11 is 0. The molecule has 84 valence electrons. The normalized spacial score (nSPS) is 21.9. The molecule has 0 saturated heterocycles. The SMILES string of the molecule is CCC(C)(C)CC1(C(F)(F)F)CCC1. The summed E-state index contributed by atoms with van der Waals surface area (Å²) in [5.41, 5.74) is -1.54. The lowest BCUT2D eigenvalue weighted by atomic mass is 9.60. The first-order valence-corrected chi connectivity index (χ1v) is 5.29. The van der Waals surface area contributed by atoms with E-state index in [4.69, 9.17) is 0 Å². The van der Waals surface area contributed by atoms with Crippen molar-refractivity contribution >= 4 is 0 Å². The second-order valence-electron chi connectivity index (χ2n) is 5.33. The fourth-order valence-electron chi connectivity index (χ4n) is 2.21. The van der Waals surface area contributed by atoms with Crippen LogP contribution in [0.4, 0.5) is 13.2 Å². The molecule has 1 aliphatic carbocycles. The zero-order chi connectivity index (χ0) is 11.0. The van der Waals surface area contributed by atoms with Crippen molar-refractivity contribution in [3.63, 3.8) is 0 Å².